The Hall–Kier alpha value is -1.66. The summed E-state index contributed by atoms with van der Waals surface area (Å²) >= 11 is 1.01. The highest BCUT2D eigenvalue weighted by Gasteiger charge is 2.26. The van der Waals surface area contributed by atoms with Gasteiger partial charge in [-0.15, -0.1) is 11.3 Å². The van der Waals surface area contributed by atoms with E-state index < -0.39 is 9.84 Å². The number of benzene rings is 1. The molecule has 3 rings (SSSR count). The fraction of sp³-hybridized carbons (Fsp3) is 0.214. The Morgan fingerprint density at radius 1 is 1.10 bits per heavy atom. The SMILES string of the molecule is O=C(NC1CC1)c1ccc(S(=O)(=O)c2ccccc2)s1. The highest BCUT2D eigenvalue weighted by Crippen LogP contribution is 2.28. The van der Waals surface area contributed by atoms with Crippen molar-refractivity contribution in [2.45, 2.75) is 28.0 Å². The zero-order valence-electron chi connectivity index (χ0n) is 10.6. The minimum Gasteiger partial charge on any atom is -0.349 e. The molecule has 1 aromatic heterocycles. The van der Waals surface area contributed by atoms with E-state index in [2.05, 4.69) is 5.32 Å². The van der Waals surface area contributed by atoms with Crippen molar-refractivity contribution in [1.82, 2.24) is 5.32 Å². The smallest absolute Gasteiger partial charge is 0.261 e. The lowest BCUT2D eigenvalue weighted by molar-refractivity contribution is 0.0955. The molecule has 1 amide bonds. The van der Waals surface area contributed by atoms with Gasteiger partial charge < -0.3 is 5.32 Å². The molecule has 0 radical (unpaired) electrons. The maximum absolute atomic E-state index is 12.4. The number of hydrogen-bond acceptors (Lipinski definition) is 4. The molecule has 0 bridgehead atoms. The van der Waals surface area contributed by atoms with Gasteiger partial charge in [-0.1, -0.05) is 18.2 Å². The summed E-state index contributed by atoms with van der Waals surface area (Å²) in [6, 6.07) is 11.6. The van der Waals surface area contributed by atoms with Crippen molar-refractivity contribution in [3.8, 4) is 0 Å². The normalized spacial score (nSPS) is 15.0. The zero-order chi connectivity index (χ0) is 14.2. The van der Waals surface area contributed by atoms with Crippen LogP contribution in [0.15, 0.2) is 51.6 Å². The predicted octanol–water partition coefficient (Wildman–Crippen LogP) is 2.47. The molecule has 6 heteroatoms. The van der Waals surface area contributed by atoms with E-state index in [4.69, 9.17) is 0 Å². The molecule has 1 heterocycles. The molecule has 0 atom stereocenters. The average Bonchev–Trinajstić information content (AvgIpc) is 3.11. The molecule has 104 valence electrons. The van der Waals surface area contributed by atoms with Crippen molar-refractivity contribution in [1.29, 1.82) is 0 Å². The Morgan fingerprint density at radius 2 is 1.80 bits per heavy atom. The summed E-state index contributed by atoms with van der Waals surface area (Å²) < 4.78 is 25.0. The summed E-state index contributed by atoms with van der Waals surface area (Å²) in [6.45, 7) is 0. The van der Waals surface area contributed by atoms with Crippen LogP contribution in [0.1, 0.15) is 22.5 Å². The third-order valence-electron chi connectivity index (χ3n) is 3.04. The summed E-state index contributed by atoms with van der Waals surface area (Å²) in [7, 11) is -3.53. The van der Waals surface area contributed by atoms with Crippen LogP contribution in [0.3, 0.4) is 0 Å². The predicted molar refractivity (Wildman–Crippen MR) is 76.7 cm³/mol. The minimum atomic E-state index is -3.53. The van der Waals surface area contributed by atoms with Crippen LogP contribution in [0.4, 0.5) is 0 Å². The number of nitrogens with one attached hydrogen (secondary N) is 1. The molecule has 0 unspecified atom stereocenters. The quantitative estimate of drug-likeness (QED) is 0.944. The average molecular weight is 307 g/mol. The Balaban J connectivity index is 1.87. The van der Waals surface area contributed by atoms with Gasteiger partial charge in [-0.3, -0.25) is 4.79 Å². The van der Waals surface area contributed by atoms with Crippen LogP contribution < -0.4 is 5.32 Å². The van der Waals surface area contributed by atoms with Gasteiger partial charge in [0.15, 0.2) is 0 Å². The largest absolute Gasteiger partial charge is 0.349 e. The third kappa shape index (κ3) is 2.62. The number of sulfone groups is 1. The molecule has 4 nitrogen and oxygen atoms in total. The lowest BCUT2D eigenvalue weighted by Crippen LogP contribution is -2.24. The summed E-state index contributed by atoms with van der Waals surface area (Å²) in [5.41, 5.74) is 0. The minimum absolute atomic E-state index is 0.188. The molecular weight excluding hydrogens is 294 g/mol. The van der Waals surface area contributed by atoms with Gasteiger partial charge in [-0.2, -0.15) is 0 Å². The summed E-state index contributed by atoms with van der Waals surface area (Å²) in [4.78, 5) is 12.6. The van der Waals surface area contributed by atoms with Crippen molar-refractivity contribution in [2.75, 3.05) is 0 Å². The molecule has 2 aromatic rings. The van der Waals surface area contributed by atoms with Gasteiger partial charge in [-0.25, -0.2) is 8.42 Å². The first kappa shape index (κ1) is 13.3. The van der Waals surface area contributed by atoms with Crippen molar-refractivity contribution < 1.29 is 13.2 Å². The maximum Gasteiger partial charge on any atom is 0.261 e. The second-order valence-electron chi connectivity index (χ2n) is 4.68. The van der Waals surface area contributed by atoms with Crippen LogP contribution in [0.25, 0.3) is 0 Å². The van der Waals surface area contributed by atoms with Gasteiger partial charge >= 0.3 is 0 Å². The van der Waals surface area contributed by atoms with Gasteiger partial charge in [0.2, 0.25) is 9.84 Å². The number of hydrogen-bond donors (Lipinski definition) is 1. The fourth-order valence-electron chi connectivity index (χ4n) is 1.79. The lowest BCUT2D eigenvalue weighted by Gasteiger charge is -2.01. The number of carbonyl (C=O) groups excluding carboxylic acids is 1. The second kappa shape index (κ2) is 5.03. The van der Waals surface area contributed by atoms with Crippen LogP contribution >= 0.6 is 11.3 Å². The van der Waals surface area contributed by atoms with Crippen LogP contribution in [-0.4, -0.2) is 20.4 Å². The first-order valence-electron chi connectivity index (χ1n) is 6.28. The van der Waals surface area contributed by atoms with Crippen molar-refractivity contribution in [3.05, 3.63) is 47.3 Å². The fourth-order valence-corrected chi connectivity index (χ4v) is 4.42. The van der Waals surface area contributed by atoms with E-state index in [-0.39, 0.29) is 21.1 Å². The van der Waals surface area contributed by atoms with E-state index in [1.807, 2.05) is 0 Å². The summed E-state index contributed by atoms with van der Waals surface area (Å²) in [5, 5.41) is 2.85. The summed E-state index contributed by atoms with van der Waals surface area (Å²) in [5.74, 6) is -0.188. The van der Waals surface area contributed by atoms with E-state index in [9.17, 15) is 13.2 Å². The van der Waals surface area contributed by atoms with E-state index in [0.717, 1.165) is 24.2 Å². The van der Waals surface area contributed by atoms with Gasteiger partial charge in [0, 0.05) is 6.04 Å². The van der Waals surface area contributed by atoms with E-state index >= 15 is 0 Å². The molecular formula is C14H13NO3S2. The highest BCUT2D eigenvalue weighted by molar-refractivity contribution is 7.93. The maximum atomic E-state index is 12.4. The van der Waals surface area contributed by atoms with Crippen LogP contribution in [0, 0.1) is 0 Å². The van der Waals surface area contributed by atoms with Crippen molar-refractivity contribution >= 4 is 27.1 Å². The lowest BCUT2D eigenvalue weighted by atomic mass is 10.4. The summed E-state index contributed by atoms with van der Waals surface area (Å²) in [6.07, 6.45) is 2.01. The van der Waals surface area contributed by atoms with E-state index in [1.165, 1.54) is 6.07 Å². The first-order chi connectivity index (χ1) is 9.57. The monoisotopic (exact) mass is 307 g/mol. The van der Waals surface area contributed by atoms with Gasteiger partial charge in [0.05, 0.1) is 9.77 Å². The Labute approximate surface area is 121 Å². The molecule has 0 aliphatic heterocycles. The third-order valence-corrected chi connectivity index (χ3v) is 6.38. The Kier molecular flexibility index (Phi) is 3.35. The van der Waals surface area contributed by atoms with Crippen LogP contribution in [-0.2, 0) is 9.84 Å². The number of thiophene rings is 1. The van der Waals surface area contributed by atoms with E-state index in [0.29, 0.717) is 4.88 Å². The zero-order valence-corrected chi connectivity index (χ0v) is 12.2. The molecule has 1 N–H and O–H groups in total. The van der Waals surface area contributed by atoms with Crippen molar-refractivity contribution in [3.63, 3.8) is 0 Å². The first-order valence-corrected chi connectivity index (χ1v) is 8.58. The van der Waals surface area contributed by atoms with Gasteiger partial charge in [0.25, 0.3) is 5.91 Å². The Bertz CT molecular complexity index is 731. The van der Waals surface area contributed by atoms with E-state index in [1.54, 1.807) is 36.4 Å². The number of carbonyl (C=O) groups is 1. The number of rotatable bonds is 4. The topological polar surface area (TPSA) is 63.2 Å². The molecule has 1 aliphatic rings. The molecule has 1 saturated carbocycles. The molecule has 1 aromatic carbocycles. The number of amides is 1. The van der Waals surface area contributed by atoms with Crippen molar-refractivity contribution in [2.24, 2.45) is 0 Å². The van der Waals surface area contributed by atoms with Gasteiger partial charge in [0.1, 0.15) is 4.21 Å². The molecule has 1 fully saturated rings. The standard InChI is InChI=1S/C14H13NO3S2/c16-14(15-10-6-7-10)12-8-9-13(19-12)20(17,18)11-4-2-1-3-5-11/h1-5,8-10H,6-7H2,(H,15,16). The molecule has 0 saturated heterocycles. The molecule has 0 spiro atoms. The van der Waals surface area contributed by atoms with Crippen LogP contribution in [0.5, 0.6) is 0 Å². The Morgan fingerprint density at radius 3 is 2.45 bits per heavy atom. The van der Waals surface area contributed by atoms with Crippen LogP contribution in [0.2, 0.25) is 0 Å². The second-order valence-corrected chi connectivity index (χ2v) is 7.94. The molecule has 20 heavy (non-hydrogen) atoms. The van der Waals surface area contributed by atoms with Gasteiger partial charge in [-0.05, 0) is 37.1 Å². The molecule has 1 aliphatic carbocycles. The highest BCUT2D eigenvalue weighted by atomic mass is 32.2.